The molecular weight excluding hydrogens is 478 g/mol. The van der Waals surface area contributed by atoms with Crippen LogP contribution in [-0.4, -0.2) is 24.5 Å². The molecule has 1 aliphatic rings. The maximum absolute atomic E-state index is 14.0. The molecule has 196 valence electrons. The first kappa shape index (κ1) is 25.6. The van der Waals surface area contributed by atoms with Crippen molar-refractivity contribution < 1.29 is 18.7 Å². The van der Waals surface area contributed by atoms with E-state index >= 15 is 0 Å². The largest absolute Gasteiger partial charge is 0.497 e. The van der Waals surface area contributed by atoms with Gasteiger partial charge in [0.15, 0.2) is 5.43 Å². The van der Waals surface area contributed by atoms with Gasteiger partial charge in [-0.2, -0.15) is 0 Å². The van der Waals surface area contributed by atoms with Crippen LogP contribution in [0.2, 0.25) is 0 Å². The predicted molar refractivity (Wildman–Crippen MR) is 148 cm³/mol. The number of nitrogens with zero attached hydrogens (tertiary/aromatic N) is 1. The first-order valence-electron chi connectivity index (χ1n) is 13.0. The summed E-state index contributed by atoms with van der Waals surface area (Å²) in [5.41, 5.74) is 4.20. The van der Waals surface area contributed by atoms with Crippen LogP contribution in [0.1, 0.15) is 64.7 Å². The molecule has 6 nitrogen and oxygen atoms in total. The van der Waals surface area contributed by atoms with Crippen LogP contribution in [0, 0.1) is 19.8 Å². The molecule has 1 amide bonds. The smallest absolute Gasteiger partial charge is 0.291 e. The summed E-state index contributed by atoms with van der Waals surface area (Å²) >= 11 is 0. The Balaban J connectivity index is 1.63. The van der Waals surface area contributed by atoms with Gasteiger partial charge < -0.3 is 18.8 Å². The van der Waals surface area contributed by atoms with Crippen LogP contribution < -0.4 is 14.9 Å². The molecule has 0 radical (unpaired) electrons. The summed E-state index contributed by atoms with van der Waals surface area (Å²) in [5, 5.41) is 0.495. The van der Waals surface area contributed by atoms with Crippen molar-refractivity contribution in [3.8, 4) is 11.5 Å². The van der Waals surface area contributed by atoms with Crippen LogP contribution in [0.3, 0.4) is 0 Å². The Kier molecular flexibility index (Phi) is 6.98. The van der Waals surface area contributed by atoms with Gasteiger partial charge in [-0.15, -0.1) is 0 Å². The van der Waals surface area contributed by atoms with E-state index in [0.29, 0.717) is 41.4 Å². The predicted octanol–water partition coefficient (Wildman–Crippen LogP) is 6.59. The van der Waals surface area contributed by atoms with Crippen LogP contribution in [0.4, 0.5) is 0 Å². The van der Waals surface area contributed by atoms with Gasteiger partial charge in [-0.1, -0.05) is 44.2 Å². The summed E-state index contributed by atoms with van der Waals surface area (Å²) in [6, 6.07) is 18.5. The molecule has 0 saturated carbocycles. The highest BCUT2D eigenvalue weighted by atomic mass is 16.5. The second-order valence-electron chi connectivity index (χ2n) is 10.4. The summed E-state index contributed by atoms with van der Waals surface area (Å²) in [4.78, 5) is 29.5. The lowest BCUT2D eigenvalue weighted by Crippen LogP contribution is -2.29. The van der Waals surface area contributed by atoms with Crippen LogP contribution in [0.15, 0.2) is 69.9 Å². The molecule has 0 fully saturated rings. The number of hydrogen-bond donors (Lipinski definition) is 0. The minimum absolute atomic E-state index is 0.110. The number of fused-ring (bicyclic) bond motifs is 2. The normalized spacial score (nSPS) is 14.8. The molecule has 0 saturated heterocycles. The van der Waals surface area contributed by atoms with Gasteiger partial charge in [0.05, 0.1) is 30.7 Å². The van der Waals surface area contributed by atoms with Crippen molar-refractivity contribution in [2.45, 2.75) is 46.7 Å². The van der Waals surface area contributed by atoms with Gasteiger partial charge in [0, 0.05) is 6.54 Å². The van der Waals surface area contributed by atoms with Crippen LogP contribution >= 0.6 is 0 Å². The Morgan fingerprint density at radius 2 is 1.74 bits per heavy atom. The maximum Gasteiger partial charge on any atom is 0.291 e. The van der Waals surface area contributed by atoms with Crippen molar-refractivity contribution in [1.82, 2.24) is 4.90 Å². The monoisotopic (exact) mass is 511 g/mol. The van der Waals surface area contributed by atoms with E-state index in [2.05, 4.69) is 13.8 Å². The van der Waals surface area contributed by atoms with Crippen molar-refractivity contribution in [2.24, 2.45) is 5.92 Å². The lowest BCUT2D eigenvalue weighted by atomic mass is 9.97. The van der Waals surface area contributed by atoms with Crippen LogP contribution in [-0.2, 0) is 6.54 Å². The summed E-state index contributed by atoms with van der Waals surface area (Å²) < 4.78 is 17.5. The van der Waals surface area contributed by atoms with Gasteiger partial charge in [0.25, 0.3) is 5.91 Å². The molecule has 0 N–H and O–H groups in total. The average Bonchev–Trinajstić information content (AvgIpc) is 3.17. The van der Waals surface area contributed by atoms with E-state index in [1.54, 1.807) is 12.0 Å². The molecule has 0 bridgehead atoms. The number of hydrogen-bond acceptors (Lipinski definition) is 5. The third-order valence-electron chi connectivity index (χ3n) is 7.05. The summed E-state index contributed by atoms with van der Waals surface area (Å²) in [7, 11) is 1.62. The molecule has 1 aromatic heterocycles. The van der Waals surface area contributed by atoms with Crippen molar-refractivity contribution in [3.05, 3.63) is 104 Å². The number of aryl methyl sites for hydroxylation is 2. The van der Waals surface area contributed by atoms with Crippen molar-refractivity contribution in [3.63, 3.8) is 0 Å². The minimum Gasteiger partial charge on any atom is -0.497 e. The van der Waals surface area contributed by atoms with Crippen LogP contribution in [0.5, 0.6) is 11.5 Å². The highest BCUT2D eigenvalue weighted by molar-refractivity contribution is 5.99. The van der Waals surface area contributed by atoms with Gasteiger partial charge in [-0.3, -0.25) is 9.59 Å². The molecule has 4 aromatic rings. The fourth-order valence-electron chi connectivity index (χ4n) is 5.10. The zero-order valence-electron chi connectivity index (χ0n) is 22.5. The minimum atomic E-state index is -0.602. The highest BCUT2D eigenvalue weighted by Crippen LogP contribution is 2.40. The zero-order chi connectivity index (χ0) is 27.0. The molecule has 0 aliphatic carbocycles. The average molecular weight is 512 g/mol. The van der Waals surface area contributed by atoms with E-state index in [4.69, 9.17) is 13.9 Å². The Bertz CT molecular complexity index is 1550. The molecule has 6 heteroatoms. The van der Waals surface area contributed by atoms with Gasteiger partial charge >= 0.3 is 0 Å². The first-order valence-corrected chi connectivity index (χ1v) is 13.0. The van der Waals surface area contributed by atoms with Gasteiger partial charge in [0.1, 0.15) is 17.1 Å². The Hall–Kier alpha value is -4.06. The van der Waals surface area contributed by atoms with Gasteiger partial charge in [-0.25, -0.2) is 0 Å². The van der Waals surface area contributed by atoms with Crippen molar-refractivity contribution >= 4 is 16.9 Å². The summed E-state index contributed by atoms with van der Waals surface area (Å²) in [6.07, 6.45) is 0.937. The highest BCUT2D eigenvalue weighted by Gasteiger charge is 2.43. The van der Waals surface area contributed by atoms with E-state index < -0.39 is 6.04 Å². The van der Waals surface area contributed by atoms with Gasteiger partial charge in [0.2, 0.25) is 5.76 Å². The standard InChI is InChI=1S/C32H33NO5/c1-19(2)13-14-37-25-8-6-7-23(17-25)28-27-29(34)26-16-20(3)15-21(4)30(26)38-31(27)32(35)33(28)18-22-9-11-24(36-5)12-10-22/h6-12,15-17,19,28H,13-14,18H2,1-5H3. The first-order chi connectivity index (χ1) is 18.3. The number of rotatable bonds is 8. The molecule has 5 rings (SSSR count). The molecule has 2 heterocycles. The third kappa shape index (κ3) is 4.78. The number of carbonyl (C=O) groups is 1. The molecule has 1 aliphatic heterocycles. The summed E-state index contributed by atoms with van der Waals surface area (Å²) in [5.74, 6) is 1.79. The number of methoxy groups -OCH3 is 1. The zero-order valence-corrected chi connectivity index (χ0v) is 22.5. The number of amides is 1. The lowest BCUT2D eigenvalue weighted by Gasteiger charge is -2.25. The Labute approximate surface area is 222 Å². The quantitative estimate of drug-likeness (QED) is 0.267. The second kappa shape index (κ2) is 10.4. The molecule has 1 unspecified atom stereocenters. The number of benzene rings is 3. The molecule has 1 atom stereocenters. The molecular formula is C32H33NO5. The third-order valence-corrected chi connectivity index (χ3v) is 7.05. The molecule has 3 aromatic carbocycles. The van der Waals surface area contributed by atoms with E-state index in [1.807, 2.05) is 74.5 Å². The fraction of sp³-hybridized carbons (Fsp3) is 0.312. The SMILES string of the molecule is COc1ccc(CN2C(=O)c3oc4c(C)cc(C)cc4c(=O)c3C2c2cccc(OCCC(C)C)c2)cc1. The van der Waals surface area contributed by atoms with E-state index in [0.717, 1.165) is 34.4 Å². The van der Waals surface area contributed by atoms with Crippen molar-refractivity contribution in [1.29, 1.82) is 0 Å². The summed E-state index contributed by atoms with van der Waals surface area (Å²) in [6.45, 7) is 9.08. The number of ether oxygens (including phenoxy) is 2. The van der Waals surface area contributed by atoms with Gasteiger partial charge in [-0.05, 0) is 78.8 Å². The fourth-order valence-corrected chi connectivity index (χ4v) is 5.10. The van der Waals surface area contributed by atoms with E-state index in [9.17, 15) is 9.59 Å². The molecule has 38 heavy (non-hydrogen) atoms. The Morgan fingerprint density at radius 3 is 2.45 bits per heavy atom. The maximum atomic E-state index is 14.0. The second-order valence-corrected chi connectivity index (χ2v) is 10.4. The molecule has 0 spiro atoms. The Morgan fingerprint density at radius 1 is 0.974 bits per heavy atom. The lowest BCUT2D eigenvalue weighted by molar-refractivity contribution is 0.0714. The van der Waals surface area contributed by atoms with E-state index in [-0.39, 0.29) is 17.1 Å². The van der Waals surface area contributed by atoms with Crippen molar-refractivity contribution in [2.75, 3.05) is 13.7 Å². The topological polar surface area (TPSA) is 69.0 Å². The number of carbonyl (C=O) groups excluding carboxylic acids is 1. The van der Waals surface area contributed by atoms with E-state index in [1.165, 1.54) is 0 Å². The van der Waals surface area contributed by atoms with Crippen LogP contribution in [0.25, 0.3) is 11.0 Å².